The third-order valence-corrected chi connectivity index (χ3v) is 12.0. The first-order valence-electron chi connectivity index (χ1n) is 15.0. The first kappa shape index (κ1) is 27.3. The van der Waals surface area contributed by atoms with Crippen LogP contribution in [0.1, 0.15) is 22.3 Å². The van der Waals surface area contributed by atoms with Gasteiger partial charge in [-0.3, -0.25) is 4.57 Å². The third-order valence-electron chi connectivity index (χ3n) is 8.90. The quantitative estimate of drug-likeness (QED) is 0.157. The van der Waals surface area contributed by atoms with Crippen LogP contribution in [-0.2, 0) is 16.3 Å². The number of nitrogens with zero attached hydrogens (tertiary/aromatic N) is 1. The van der Waals surface area contributed by atoms with E-state index >= 15 is 4.57 Å². The topological polar surface area (TPSA) is 59.0 Å². The molecule has 6 aromatic carbocycles. The summed E-state index contributed by atoms with van der Waals surface area (Å²) in [5.74, 6) is 1.63. The van der Waals surface area contributed by atoms with Crippen molar-refractivity contribution in [2.45, 2.75) is 11.7 Å². The van der Waals surface area contributed by atoms with Gasteiger partial charge in [0.15, 0.2) is 6.73 Å². The Morgan fingerprint density at radius 1 is 0.600 bits per heavy atom. The largest absolute Gasteiger partial charge is 0.508 e. The lowest BCUT2D eigenvalue weighted by molar-refractivity contribution is 0.289. The zero-order chi connectivity index (χ0) is 30.4. The van der Waals surface area contributed by atoms with Crippen LogP contribution >= 0.6 is 7.37 Å². The van der Waals surface area contributed by atoms with Gasteiger partial charge in [0.1, 0.15) is 22.4 Å². The van der Waals surface area contributed by atoms with Gasteiger partial charge in [-0.2, -0.15) is 0 Å². The summed E-state index contributed by atoms with van der Waals surface area (Å²) in [4.78, 5) is 2.18. The Morgan fingerprint density at radius 2 is 1.18 bits per heavy atom. The van der Waals surface area contributed by atoms with E-state index in [1.54, 1.807) is 12.1 Å². The van der Waals surface area contributed by atoms with Crippen molar-refractivity contribution < 1.29 is 18.9 Å². The van der Waals surface area contributed by atoms with E-state index in [9.17, 15) is 5.11 Å². The van der Waals surface area contributed by atoms with Crippen LogP contribution in [0.5, 0.6) is 17.2 Å². The summed E-state index contributed by atoms with van der Waals surface area (Å²) in [6, 6.07) is 48.9. The monoisotopic (exact) mass is 607 g/mol. The maximum Gasteiger partial charge on any atom is 0.296 e. The highest BCUT2D eigenvalue weighted by molar-refractivity contribution is 7.69. The second-order valence-corrected chi connectivity index (χ2v) is 13.8. The number of anilines is 1. The first-order chi connectivity index (χ1) is 22.1. The van der Waals surface area contributed by atoms with E-state index in [0.29, 0.717) is 17.8 Å². The first-order valence-corrected chi connectivity index (χ1v) is 16.6. The summed E-state index contributed by atoms with van der Waals surface area (Å²) in [5.41, 5.74) is 6.33. The van der Waals surface area contributed by atoms with Crippen molar-refractivity contribution >= 4 is 18.4 Å². The third kappa shape index (κ3) is 4.27. The van der Waals surface area contributed by atoms with E-state index in [1.807, 2.05) is 109 Å². The summed E-state index contributed by atoms with van der Waals surface area (Å²) < 4.78 is 29.2. The van der Waals surface area contributed by atoms with Gasteiger partial charge in [-0.15, -0.1) is 0 Å². The van der Waals surface area contributed by atoms with Crippen LogP contribution in [0.4, 0.5) is 5.69 Å². The summed E-state index contributed by atoms with van der Waals surface area (Å²) in [7, 11) is -3.87. The average molecular weight is 608 g/mol. The van der Waals surface area contributed by atoms with Gasteiger partial charge in [-0.25, -0.2) is 0 Å². The van der Waals surface area contributed by atoms with Crippen LogP contribution in [-0.4, -0.2) is 11.8 Å². The minimum absolute atomic E-state index is 0.134. The summed E-state index contributed by atoms with van der Waals surface area (Å²) in [5, 5.41) is 9.76. The Bertz CT molecular complexity index is 2060. The maximum atomic E-state index is 16.3. The van der Waals surface area contributed by atoms with Gasteiger partial charge >= 0.3 is 0 Å². The molecule has 2 aliphatic rings. The number of benzene rings is 6. The number of phenols is 1. The molecular formula is C39H30NO4P. The molecule has 5 nitrogen and oxygen atoms in total. The lowest BCUT2D eigenvalue weighted by atomic mass is 9.83. The van der Waals surface area contributed by atoms with Crippen molar-refractivity contribution in [3.05, 3.63) is 174 Å². The molecule has 220 valence electrons. The van der Waals surface area contributed by atoms with Crippen molar-refractivity contribution in [1.29, 1.82) is 0 Å². The second kappa shape index (κ2) is 10.7. The highest BCUT2D eigenvalue weighted by Gasteiger charge is 2.57. The van der Waals surface area contributed by atoms with Crippen molar-refractivity contribution in [1.82, 2.24) is 0 Å². The normalized spacial score (nSPS) is 17.9. The van der Waals surface area contributed by atoms with Gasteiger partial charge in [0.05, 0.1) is 5.30 Å². The Morgan fingerprint density at radius 3 is 1.93 bits per heavy atom. The van der Waals surface area contributed by atoms with Crippen molar-refractivity contribution in [2.24, 2.45) is 0 Å². The highest BCUT2D eigenvalue weighted by atomic mass is 31.2. The molecule has 0 aliphatic carbocycles. The standard InChI is InChI=1S/C39H30NO4P/c41-33-24-20-31(21-25-33)39(29-11-2-1-3-12-29,45(42)38-17-9-6-14-35(38)34-13-5-8-16-37(34)44-45)30-18-22-32(23-19-30)40-26-28-10-4-7-15-36(28)43-27-40/h1-25,41H,26-27H2. The molecule has 0 saturated carbocycles. The van der Waals surface area contributed by atoms with Crippen LogP contribution < -0.4 is 19.5 Å². The SMILES string of the molecule is O=P1(C(c2ccccc2)(c2ccc(O)cc2)c2ccc(N3COc4ccccc4C3)cc2)Oc2ccccc2-c2ccccc21. The molecule has 8 rings (SSSR count). The Kier molecular flexibility index (Phi) is 6.51. The van der Waals surface area contributed by atoms with Crippen LogP contribution in [0.25, 0.3) is 11.1 Å². The molecule has 0 bridgehead atoms. The molecule has 0 fully saturated rings. The molecule has 2 atom stereocenters. The molecule has 0 saturated heterocycles. The fraction of sp³-hybridized carbons (Fsp3) is 0.0769. The van der Waals surface area contributed by atoms with E-state index < -0.39 is 12.5 Å². The summed E-state index contributed by atoms with van der Waals surface area (Å²) in [6.45, 7) is 1.16. The number of hydrogen-bond acceptors (Lipinski definition) is 5. The zero-order valence-electron chi connectivity index (χ0n) is 24.4. The van der Waals surface area contributed by atoms with Crippen molar-refractivity contribution in [2.75, 3.05) is 11.6 Å². The number of aromatic hydroxyl groups is 1. The number of rotatable bonds is 5. The predicted molar refractivity (Wildman–Crippen MR) is 179 cm³/mol. The Balaban J connectivity index is 1.37. The minimum Gasteiger partial charge on any atom is -0.508 e. The Hall–Kier alpha value is -5.25. The Labute approximate surface area is 262 Å². The highest BCUT2D eigenvalue weighted by Crippen LogP contribution is 2.71. The van der Waals surface area contributed by atoms with Crippen LogP contribution in [0.2, 0.25) is 0 Å². The lowest BCUT2D eigenvalue weighted by Gasteiger charge is -2.44. The second-order valence-electron chi connectivity index (χ2n) is 11.4. The van der Waals surface area contributed by atoms with Gasteiger partial charge < -0.3 is 19.3 Å². The van der Waals surface area contributed by atoms with E-state index in [1.165, 1.54) is 0 Å². The number of ether oxygens (including phenoxy) is 1. The molecule has 0 spiro atoms. The molecule has 0 aromatic heterocycles. The van der Waals surface area contributed by atoms with Gasteiger partial charge in [-0.05, 0) is 64.7 Å². The van der Waals surface area contributed by atoms with Gasteiger partial charge in [-0.1, -0.05) is 109 Å². The molecule has 6 heteroatoms. The minimum atomic E-state index is -3.87. The molecule has 1 N–H and O–H groups in total. The van der Waals surface area contributed by atoms with E-state index in [2.05, 4.69) is 35.2 Å². The molecular weight excluding hydrogens is 577 g/mol. The number of hydrogen-bond donors (Lipinski definition) is 1. The molecule has 6 aromatic rings. The van der Waals surface area contributed by atoms with Crippen LogP contribution in [0, 0.1) is 0 Å². The van der Waals surface area contributed by atoms with E-state index in [0.717, 1.165) is 51.4 Å². The van der Waals surface area contributed by atoms with Crippen LogP contribution in [0.15, 0.2) is 152 Å². The maximum absolute atomic E-state index is 16.3. The average Bonchev–Trinajstić information content (AvgIpc) is 3.10. The zero-order valence-corrected chi connectivity index (χ0v) is 25.3. The van der Waals surface area contributed by atoms with E-state index in [4.69, 9.17) is 9.26 Å². The number of para-hydroxylation sites is 2. The van der Waals surface area contributed by atoms with Crippen molar-refractivity contribution in [3.8, 4) is 28.4 Å². The van der Waals surface area contributed by atoms with Crippen LogP contribution in [0.3, 0.4) is 0 Å². The van der Waals surface area contributed by atoms with Crippen molar-refractivity contribution in [3.63, 3.8) is 0 Å². The molecule has 0 amide bonds. The summed E-state index contributed by atoms with van der Waals surface area (Å²) >= 11 is 0. The molecule has 2 heterocycles. The fourth-order valence-corrected chi connectivity index (χ4v) is 10.1. The lowest BCUT2D eigenvalue weighted by Crippen LogP contribution is -2.38. The van der Waals surface area contributed by atoms with Gasteiger partial charge in [0, 0.05) is 23.4 Å². The van der Waals surface area contributed by atoms with Gasteiger partial charge in [0.25, 0.3) is 7.37 Å². The smallest absolute Gasteiger partial charge is 0.296 e. The fourth-order valence-electron chi connectivity index (χ4n) is 6.81. The van der Waals surface area contributed by atoms with Gasteiger partial charge in [0.2, 0.25) is 0 Å². The number of fused-ring (bicyclic) bond motifs is 4. The molecule has 2 aliphatic heterocycles. The molecule has 0 radical (unpaired) electrons. The summed E-state index contributed by atoms with van der Waals surface area (Å²) in [6.07, 6.45) is 0. The van der Waals surface area contributed by atoms with E-state index in [-0.39, 0.29) is 5.75 Å². The molecule has 45 heavy (non-hydrogen) atoms. The molecule has 2 unspecified atom stereocenters. The predicted octanol–water partition coefficient (Wildman–Crippen LogP) is 8.70. The number of phenolic OH excluding ortho intramolecular Hbond substituents is 1.